The average Bonchev–Trinajstić information content (AvgIpc) is 3.00. The Morgan fingerprint density at radius 2 is 2.12 bits per heavy atom. The van der Waals surface area contributed by atoms with Crippen molar-refractivity contribution in [1.29, 1.82) is 0 Å². The van der Waals surface area contributed by atoms with Gasteiger partial charge in [0.25, 0.3) is 5.56 Å². The van der Waals surface area contributed by atoms with Gasteiger partial charge in [0.1, 0.15) is 16.4 Å². The molecule has 3 aromatic rings. The molecule has 0 saturated heterocycles. The molecule has 0 aliphatic heterocycles. The molecule has 2 N–H and O–H groups in total. The maximum atomic E-state index is 12.7. The van der Waals surface area contributed by atoms with Gasteiger partial charge in [0.05, 0.1) is 18.5 Å². The van der Waals surface area contributed by atoms with Crippen molar-refractivity contribution in [3.05, 3.63) is 50.9 Å². The van der Waals surface area contributed by atoms with Crippen molar-refractivity contribution in [3.8, 4) is 5.75 Å². The topological polar surface area (TPSA) is 67.0 Å². The van der Waals surface area contributed by atoms with E-state index in [-0.39, 0.29) is 11.6 Å². The number of nitrogens with one attached hydrogen (secondary N) is 2. The Kier molecular flexibility index (Phi) is 4.44. The number of H-pyrrole nitrogens is 1. The molecule has 1 aromatic carbocycles. The average molecular weight is 369 g/mol. The number of aryl methyl sites for hydroxylation is 1. The van der Waals surface area contributed by atoms with Gasteiger partial charge in [-0.05, 0) is 61.9 Å². The van der Waals surface area contributed by atoms with Crippen LogP contribution in [-0.4, -0.2) is 17.1 Å². The summed E-state index contributed by atoms with van der Waals surface area (Å²) in [6.45, 7) is 4.28. The predicted molar refractivity (Wildman–Crippen MR) is 106 cm³/mol. The van der Waals surface area contributed by atoms with Crippen LogP contribution >= 0.6 is 11.3 Å². The fraction of sp³-hybridized carbons (Fsp3) is 0.400. The van der Waals surface area contributed by atoms with Crippen LogP contribution in [0.4, 0.5) is 5.69 Å². The summed E-state index contributed by atoms with van der Waals surface area (Å²) < 4.78 is 5.18. The smallest absolute Gasteiger partial charge is 0.259 e. The molecular weight excluding hydrogens is 346 g/mol. The lowest BCUT2D eigenvalue weighted by Gasteiger charge is -2.17. The standard InChI is InChI=1S/C20H23N3O2S/c1-11-4-9-15-16(10-11)26-20-17(15)19(24)22-18(23-20)12(2)21-13-5-7-14(25-3)8-6-13/h5-8,11-12,21H,4,9-10H2,1-3H3,(H,22,23,24)/t11-,12-/m0/s1. The van der Waals surface area contributed by atoms with E-state index in [9.17, 15) is 4.79 Å². The van der Waals surface area contributed by atoms with Crippen molar-refractivity contribution in [2.24, 2.45) is 5.92 Å². The molecule has 6 heteroatoms. The van der Waals surface area contributed by atoms with Crippen LogP contribution < -0.4 is 15.6 Å². The molecule has 0 amide bonds. The van der Waals surface area contributed by atoms with E-state index in [1.165, 1.54) is 10.4 Å². The minimum Gasteiger partial charge on any atom is -0.497 e. The number of nitrogens with zero attached hydrogens (tertiary/aromatic N) is 1. The number of benzene rings is 1. The third-order valence-electron chi connectivity index (χ3n) is 5.07. The Morgan fingerprint density at radius 3 is 2.85 bits per heavy atom. The van der Waals surface area contributed by atoms with Crippen molar-refractivity contribution in [1.82, 2.24) is 9.97 Å². The van der Waals surface area contributed by atoms with Gasteiger partial charge in [-0.25, -0.2) is 4.98 Å². The van der Waals surface area contributed by atoms with Crippen molar-refractivity contribution in [2.75, 3.05) is 12.4 Å². The number of thiophene rings is 1. The monoisotopic (exact) mass is 369 g/mol. The van der Waals surface area contributed by atoms with Gasteiger partial charge in [-0.3, -0.25) is 4.79 Å². The summed E-state index contributed by atoms with van der Waals surface area (Å²) in [6, 6.07) is 7.62. The first-order valence-corrected chi connectivity index (χ1v) is 9.82. The Labute approximate surface area is 156 Å². The van der Waals surface area contributed by atoms with Crippen molar-refractivity contribution >= 4 is 27.2 Å². The summed E-state index contributed by atoms with van der Waals surface area (Å²) in [5, 5.41) is 4.19. The summed E-state index contributed by atoms with van der Waals surface area (Å²) >= 11 is 1.69. The molecule has 136 valence electrons. The molecule has 0 radical (unpaired) electrons. The van der Waals surface area contributed by atoms with Gasteiger partial charge >= 0.3 is 0 Å². The fourth-order valence-corrected chi connectivity index (χ4v) is 4.97. The number of anilines is 1. The quantitative estimate of drug-likeness (QED) is 0.720. The van der Waals surface area contributed by atoms with Crippen LogP contribution in [0, 0.1) is 5.92 Å². The van der Waals surface area contributed by atoms with Crippen LogP contribution in [0.2, 0.25) is 0 Å². The number of hydrogen-bond acceptors (Lipinski definition) is 5. The molecule has 1 aliphatic carbocycles. The highest BCUT2D eigenvalue weighted by Crippen LogP contribution is 2.36. The lowest BCUT2D eigenvalue weighted by molar-refractivity contribution is 0.415. The number of methoxy groups -OCH3 is 1. The van der Waals surface area contributed by atoms with Gasteiger partial charge in [0, 0.05) is 10.6 Å². The fourth-order valence-electron chi connectivity index (χ4n) is 3.58. The minimum absolute atomic E-state index is 0.0135. The van der Waals surface area contributed by atoms with Crippen molar-refractivity contribution < 1.29 is 4.74 Å². The van der Waals surface area contributed by atoms with Gasteiger partial charge in [-0.2, -0.15) is 0 Å². The molecule has 0 spiro atoms. The van der Waals surface area contributed by atoms with E-state index in [0.29, 0.717) is 11.7 Å². The first kappa shape index (κ1) is 17.1. The Hall–Kier alpha value is -2.34. The molecule has 5 nitrogen and oxygen atoms in total. The summed E-state index contributed by atoms with van der Waals surface area (Å²) in [4.78, 5) is 22.7. The van der Waals surface area contributed by atoms with Gasteiger partial charge in [-0.15, -0.1) is 11.3 Å². The van der Waals surface area contributed by atoms with Crippen LogP contribution in [-0.2, 0) is 12.8 Å². The first-order chi connectivity index (χ1) is 12.5. The van der Waals surface area contributed by atoms with Crippen molar-refractivity contribution in [3.63, 3.8) is 0 Å². The van der Waals surface area contributed by atoms with Crippen LogP contribution in [0.3, 0.4) is 0 Å². The zero-order valence-corrected chi connectivity index (χ0v) is 16.1. The SMILES string of the molecule is COc1ccc(N[C@@H](C)c2nc3sc4c(c3c(=O)[nH]2)CC[C@H](C)C4)cc1. The second-order valence-electron chi connectivity index (χ2n) is 7.08. The second-order valence-corrected chi connectivity index (χ2v) is 8.16. The largest absolute Gasteiger partial charge is 0.497 e. The summed E-state index contributed by atoms with van der Waals surface area (Å²) in [5.41, 5.74) is 2.17. The van der Waals surface area contributed by atoms with Crippen LogP contribution in [0.15, 0.2) is 29.1 Å². The van der Waals surface area contributed by atoms with Gasteiger partial charge in [0.15, 0.2) is 0 Å². The molecule has 0 saturated carbocycles. The van der Waals surface area contributed by atoms with Crippen LogP contribution in [0.25, 0.3) is 10.2 Å². The van der Waals surface area contributed by atoms with E-state index in [4.69, 9.17) is 9.72 Å². The lowest BCUT2D eigenvalue weighted by atomic mass is 9.89. The number of aromatic amines is 1. The molecule has 4 rings (SSSR count). The normalized spacial score (nSPS) is 17.7. The maximum Gasteiger partial charge on any atom is 0.259 e. The Balaban J connectivity index is 1.65. The van der Waals surface area contributed by atoms with Gasteiger partial charge < -0.3 is 15.0 Å². The van der Waals surface area contributed by atoms with E-state index < -0.39 is 0 Å². The maximum absolute atomic E-state index is 12.7. The Morgan fingerprint density at radius 1 is 1.35 bits per heavy atom. The van der Waals surface area contributed by atoms with Crippen LogP contribution in [0.5, 0.6) is 5.75 Å². The number of hydrogen-bond donors (Lipinski definition) is 2. The lowest BCUT2D eigenvalue weighted by Crippen LogP contribution is -2.18. The van der Waals surface area contributed by atoms with E-state index in [2.05, 4.69) is 17.2 Å². The molecule has 0 bridgehead atoms. The number of aromatic nitrogens is 2. The number of rotatable bonds is 4. The molecule has 26 heavy (non-hydrogen) atoms. The molecule has 2 heterocycles. The predicted octanol–water partition coefficient (Wildman–Crippen LogP) is 4.29. The van der Waals surface area contributed by atoms with E-state index in [1.54, 1.807) is 18.4 Å². The minimum atomic E-state index is -0.0986. The zero-order valence-electron chi connectivity index (χ0n) is 15.3. The zero-order chi connectivity index (χ0) is 18.3. The van der Waals surface area contributed by atoms with E-state index in [1.807, 2.05) is 31.2 Å². The van der Waals surface area contributed by atoms with Crippen LogP contribution in [0.1, 0.15) is 42.6 Å². The second kappa shape index (κ2) is 6.76. The molecule has 0 unspecified atom stereocenters. The highest BCUT2D eigenvalue weighted by Gasteiger charge is 2.23. The summed E-state index contributed by atoms with van der Waals surface area (Å²) in [7, 11) is 1.65. The highest BCUT2D eigenvalue weighted by molar-refractivity contribution is 7.18. The molecule has 2 aromatic heterocycles. The van der Waals surface area contributed by atoms with E-state index in [0.717, 1.165) is 40.9 Å². The summed E-state index contributed by atoms with van der Waals surface area (Å²) in [5.74, 6) is 2.17. The third-order valence-corrected chi connectivity index (χ3v) is 6.22. The molecule has 0 fully saturated rings. The molecule has 1 aliphatic rings. The summed E-state index contributed by atoms with van der Waals surface area (Å²) in [6.07, 6.45) is 3.19. The third kappa shape index (κ3) is 3.09. The first-order valence-electron chi connectivity index (χ1n) is 9.00. The Bertz CT molecular complexity index is 991. The van der Waals surface area contributed by atoms with Crippen molar-refractivity contribution in [2.45, 2.75) is 39.2 Å². The number of ether oxygens (including phenoxy) is 1. The van der Waals surface area contributed by atoms with Gasteiger partial charge in [0.2, 0.25) is 0 Å². The molecular formula is C20H23N3O2S. The van der Waals surface area contributed by atoms with E-state index >= 15 is 0 Å². The highest BCUT2D eigenvalue weighted by atomic mass is 32.1. The van der Waals surface area contributed by atoms with Gasteiger partial charge in [-0.1, -0.05) is 6.92 Å². The molecule has 2 atom stereocenters. The number of fused-ring (bicyclic) bond motifs is 3.